The summed E-state index contributed by atoms with van der Waals surface area (Å²) >= 11 is 0. The van der Waals surface area contributed by atoms with Crippen LogP contribution < -0.4 is 4.74 Å². The van der Waals surface area contributed by atoms with Gasteiger partial charge in [-0.15, -0.1) is 0 Å². The number of para-hydroxylation sites is 1. The fraction of sp³-hybridized carbons (Fsp3) is 0.250. The van der Waals surface area contributed by atoms with Crippen molar-refractivity contribution in [3.8, 4) is 5.75 Å². The van der Waals surface area contributed by atoms with Crippen molar-refractivity contribution < 1.29 is 9.53 Å². The van der Waals surface area contributed by atoms with Crippen molar-refractivity contribution >= 4 is 5.91 Å². The largest absolute Gasteiger partial charge is 0.491 e. The molecule has 0 bridgehead atoms. The zero-order valence-electron chi connectivity index (χ0n) is 11.3. The zero-order valence-corrected chi connectivity index (χ0v) is 11.3. The SMILES string of the molecule is CC1c2ccccc2OCCN1C(=O)c1ccncc1. The molecule has 1 unspecified atom stereocenters. The Labute approximate surface area is 118 Å². The number of rotatable bonds is 1. The highest BCUT2D eigenvalue weighted by Gasteiger charge is 2.27. The molecule has 4 nitrogen and oxygen atoms in total. The second-order valence-corrected chi connectivity index (χ2v) is 4.80. The van der Waals surface area contributed by atoms with Crippen molar-refractivity contribution in [2.45, 2.75) is 13.0 Å². The third kappa shape index (κ3) is 2.25. The smallest absolute Gasteiger partial charge is 0.254 e. The maximum Gasteiger partial charge on any atom is 0.254 e. The first-order valence-electron chi connectivity index (χ1n) is 6.70. The summed E-state index contributed by atoms with van der Waals surface area (Å²) < 4.78 is 5.73. The molecule has 2 aromatic rings. The number of hydrogen-bond acceptors (Lipinski definition) is 3. The maximum atomic E-state index is 12.6. The number of carbonyl (C=O) groups is 1. The van der Waals surface area contributed by atoms with E-state index in [9.17, 15) is 4.79 Å². The molecule has 0 radical (unpaired) electrons. The normalized spacial score (nSPS) is 17.9. The molecule has 1 aromatic heterocycles. The third-order valence-electron chi connectivity index (χ3n) is 3.61. The number of benzene rings is 1. The number of nitrogens with zero attached hydrogens (tertiary/aromatic N) is 2. The van der Waals surface area contributed by atoms with E-state index in [-0.39, 0.29) is 11.9 Å². The van der Waals surface area contributed by atoms with Crippen molar-refractivity contribution in [3.05, 3.63) is 59.9 Å². The van der Waals surface area contributed by atoms with Gasteiger partial charge in [-0.1, -0.05) is 18.2 Å². The van der Waals surface area contributed by atoms with Gasteiger partial charge in [0.15, 0.2) is 0 Å². The van der Waals surface area contributed by atoms with Gasteiger partial charge < -0.3 is 9.64 Å². The minimum absolute atomic E-state index is 0.00522. The molecular weight excluding hydrogens is 252 g/mol. The van der Waals surface area contributed by atoms with E-state index < -0.39 is 0 Å². The predicted octanol–water partition coefficient (Wildman–Crippen LogP) is 2.68. The van der Waals surface area contributed by atoms with Crippen LogP contribution in [-0.4, -0.2) is 28.9 Å². The van der Waals surface area contributed by atoms with E-state index in [0.29, 0.717) is 18.7 Å². The average molecular weight is 268 g/mol. The van der Waals surface area contributed by atoms with Crippen LogP contribution >= 0.6 is 0 Å². The summed E-state index contributed by atoms with van der Waals surface area (Å²) in [6.45, 7) is 3.13. The number of pyridine rings is 1. The molecule has 0 saturated carbocycles. The molecule has 0 spiro atoms. The Bertz CT molecular complexity index is 613. The Morgan fingerprint density at radius 1 is 1.25 bits per heavy atom. The van der Waals surface area contributed by atoms with Gasteiger partial charge in [-0.2, -0.15) is 0 Å². The van der Waals surface area contributed by atoms with Crippen LogP contribution in [0.3, 0.4) is 0 Å². The van der Waals surface area contributed by atoms with Crippen LogP contribution in [0.1, 0.15) is 28.9 Å². The molecule has 3 rings (SSSR count). The van der Waals surface area contributed by atoms with E-state index in [1.54, 1.807) is 24.5 Å². The monoisotopic (exact) mass is 268 g/mol. The van der Waals surface area contributed by atoms with Crippen LogP contribution in [0.15, 0.2) is 48.8 Å². The molecule has 20 heavy (non-hydrogen) atoms. The predicted molar refractivity (Wildman–Crippen MR) is 75.6 cm³/mol. The van der Waals surface area contributed by atoms with Gasteiger partial charge in [0.25, 0.3) is 5.91 Å². The molecule has 1 amide bonds. The van der Waals surface area contributed by atoms with E-state index in [1.165, 1.54) is 0 Å². The van der Waals surface area contributed by atoms with Crippen LogP contribution in [0, 0.1) is 0 Å². The van der Waals surface area contributed by atoms with Gasteiger partial charge in [-0.25, -0.2) is 0 Å². The van der Waals surface area contributed by atoms with Crippen LogP contribution in [-0.2, 0) is 0 Å². The zero-order chi connectivity index (χ0) is 13.9. The highest BCUT2D eigenvalue weighted by atomic mass is 16.5. The first-order valence-corrected chi connectivity index (χ1v) is 6.70. The Hall–Kier alpha value is -2.36. The lowest BCUT2D eigenvalue weighted by Gasteiger charge is -2.27. The molecule has 1 aliphatic rings. The Kier molecular flexibility index (Phi) is 3.37. The Balaban J connectivity index is 1.93. The number of carbonyl (C=O) groups excluding carboxylic acids is 1. The van der Waals surface area contributed by atoms with E-state index in [1.807, 2.05) is 36.1 Å². The molecule has 0 aliphatic carbocycles. The molecule has 2 heterocycles. The summed E-state index contributed by atoms with van der Waals surface area (Å²) in [5.74, 6) is 0.880. The molecule has 0 N–H and O–H groups in total. The maximum absolute atomic E-state index is 12.6. The van der Waals surface area contributed by atoms with Gasteiger partial charge in [0.1, 0.15) is 12.4 Å². The fourth-order valence-corrected chi connectivity index (χ4v) is 2.51. The van der Waals surface area contributed by atoms with E-state index in [2.05, 4.69) is 4.98 Å². The van der Waals surface area contributed by atoms with Crippen LogP contribution in [0.4, 0.5) is 0 Å². The molecule has 102 valence electrons. The fourth-order valence-electron chi connectivity index (χ4n) is 2.51. The van der Waals surface area contributed by atoms with E-state index in [0.717, 1.165) is 11.3 Å². The van der Waals surface area contributed by atoms with Gasteiger partial charge in [0.05, 0.1) is 12.6 Å². The average Bonchev–Trinajstić information content (AvgIpc) is 2.67. The highest BCUT2D eigenvalue weighted by molar-refractivity contribution is 5.94. The number of ether oxygens (including phenoxy) is 1. The topological polar surface area (TPSA) is 42.4 Å². The lowest BCUT2D eigenvalue weighted by Crippen LogP contribution is -2.35. The number of amides is 1. The van der Waals surface area contributed by atoms with Crippen LogP contribution in [0.25, 0.3) is 0 Å². The minimum atomic E-state index is -0.00522. The molecule has 0 fully saturated rings. The lowest BCUT2D eigenvalue weighted by molar-refractivity contribution is 0.0682. The third-order valence-corrected chi connectivity index (χ3v) is 3.61. The van der Waals surface area contributed by atoms with E-state index >= 15 is 0 Å². The van der Waals surface area contributed by atoms with Crippen molar-refractivity contribution in [2.75, 3.05) is 13.2 Å². The molecule has 0 saturated heterocycles. The standard InChI is InChI=1S/C16H16N2O2/c1-12-14-4-2-3-5-15(14)20-11-10-18(12)16(19)13-6-8-17-9-7-13/h2-9,12H,10-11H2,1H3. The van der Waals surface area contributed by atoms with Crippen LogP contribution in [0.2, 0.25) is 0 Å². The van der Waals surface area contributed by atoms with Gasteiger partial charge in [-0.3, -0.25) is 9.78 Å². The summed E-state index contributed by atoms with van der Waals surface area (Å²) in [5, 5.41) is 0. The minimum Gasteiger partial charge on any atom is -0.491 e. The van der Waals surface area contributed by atoms with Crippen molar-refractivity contribution in [1.29, 1.82) is 0 Å². The van der Waals surface area contributed by atoms with Gasteiger partial charge in [-0.05, 0) is 25.1 Å². The second-order valence-electron chi connectivity index (χ2n) is 4.80. The molecule has 1 aromatic carbocycles. The van der Waals surface area contributed by atoms with Gasteiger partial charge in [0, 0.05) is 23.5 Å². The molecule has 1 atom stereocenters. The summed E-state index contributed by atoms with van der Waals surface area (Å²) in [6, 6.07) is 11.4. The van der Waals surface area contributed by atoms with Crippen LogP contribution in [0.5, 0.6) is 5.75 Å². The number of aromatic nitrogens is 1. The van der Waals surface area contributed by atoms with Gasteiger partial charge in [0.2, 0.25) is 0 Å². The quantitative estimate of drug-likeness (QED) is 0.798. The Morgan fingerprint density at radius 3 is 2.80 bits per heavy atom. The highest BCUT2D eigenvalue weighted by Crippen LogP contribution is 2.32. The second kappa shape index (κ2) is 5.33. The Morgan fingerprint density at radius 2 is 2.00 bits per heavy atom. The summed E-state index contributed by atoms with van der Waals surface area (Å²) in [4.78, 5) is 18.4. The van der Waals surface area contributed by atoms with Crippen molar-refractivity contribution in [3.63, 3.8) is 0 Å². The lowest BCUT2D eigenvalue weighted by atomic mass is 10.1. The van der Waals surface area contributed by atoms with Crippen molar-refractivity contribution in [2.24, 2.45) is 0 Å². The summed E-state index contributed by atoms with van der Waals surface area (Å²) in [5.41, 5.74) is 1.71. The van der Waals surface area contributed by atoms with Gasteiger partial charge >= 0.3 is 0 Å². The number of hydrogen-bond donors (Lipinski definition) is 0. The molecular formula is C16H16N2O2. The van der Waals surface area contributed by atoms with Crippen molar-refractivity contribution in [1.82, 2.24) is 9.88 Å². The summed E-state index contributed by atoms with van der Waals surface area (Å²) in [6.07, 6.45) is 3.28. The summed E-state index contributed by atoms with van der Waals surface area (Å²) in [7, 11) is 0. The number of fused-ring (bicyclic) bond motifs is 1. The molecule has 4 heteroatoms. The molecule has 1 aliphatic heterocycles. The van der Waals surface area contributed by atoms with E-state index in [4.69, 9.17) is 4.74 Å². The first kappa shape index (κ1) is 12.7. The first-order chi connectivity index (χ1) is 9.77.